The van der Waals surface area contributed by atoms with Crippen molar-refractivity contribution in [1.82, 2.24) is 15.2 Å². The molecular weight excluding hydrogens is 357 g/mol. The van der Waals surface area contributed by atoms with Gasteiger partial charge < -0.3 is 19.9 Å². The van der Waals surface area contributed by atoms with Crippen LogP contribution in [0.15, 0.2) is 41.7 Å². The van der Waals surface area contributed by atoms with E-state index in [0.29, 0.717) is 31.2 Å². The molecule has 8 heteroatoms. The van der Waals surface area contributed by atoms with E-state index >= 15 is 0 Å². The fraction of sp³-hybridized carbons (Fsp3) is 0.421. The Hall–Kier alpha value is -2.64. The minimum atomic E-state index is -4.37. The van der Waals surface area contributed by atoms with Crippen LogP contribution in [-0.4, -0.2) is 29.9 Å². The molecule has 5 nitrogen and oxygen atoms in total. The van der Waals surface area contributed by atoms with E-state index in [1.807, 2.05) is 50.0 Å². The molecule has 0 radical (unpaired) electrons. The van der Waals surface area contributed by atoms with E-state index in [1.54, 1.807) is 12.1 Å². The number of rotatable bonds is 7. The van der Waals surface area contributed by atoms with Gasteiger partial charge in [-0.1, -0.05) is 12.1 Å². The average molecular weight is 382 g/mol. The van der Waals surface area contributed by atoms with Crippen LogP contribution in [0, 0.1) is 6.92 Å². The summed E-state index contributed by atoms with van der Waals surface area (Å²) >= 11 is 0. The molecule has 0 atom stereocenters. The monoisotopic (exact) mass is 382 g/mol. The van der Waals surface area contributed by atoms with Gasteiger partial charge in [0.15, 0.2) is 12.6 Å². The summed E-state index contributed by atoms with van der Waals surface area (Å²) in [6.07, 6.45) is -0.446. The number of aliphatic imine (C=N–C) groups is 1. The second kappa shape index (κ2) is 9.34. The maximum atomic E-state index is 12.5. The highest BCUT2D eigenvalue weighted by Gasteiger charge is 2.28. The minimum absolute atomic E-state index is 0.221. The SMILES string of the molecule is CCNC(=NCc1ccn(C)c1)NCc1ccc(C)cc1OCC(F)(F)F. The molecule has 0 aliphatic heterocycles. The van der Waals surface area contributed by atoms with Crippen molar-refractivity contribution in [3.8, 4) is 5.75 Å². The van der Waals surface area contributed by atoms with Gasteiger partial charge in [0.1, 0.15) is 5.75 Å². The molecule has 0 bridgehead atoms. The predicted molar refractivity (Wildman–Crippen MR) is 99.8 cm³/mol. The van der Waals surface area contributed by atoms with Gasteiger partial charge >= 0.3 is 6.18 Å². The van der Waals surface area contributed by atoms with Gasteiger partial charge in [0.2, 0.25) is 0 Å². The third-order valence-corrected chi connectivity index (χ3v) is 3.72. The summed E-state index contributed by atoms with van der Waals surface area (Å²) in [5, 5.41) is 6.27. The van der Waals surface area contributed by atoms with Gasteiger partial charge in [0.05, 0.1) is 6.54 Å². The number of nitrogens with one attached hydrogen (secondary N) is 2. The van der Waals surface area contributed by atoms with Crippen LogP contribution in [0.25, 0.3) is 0 Å². The maximum Gasteiger partial charge on any atom is 0.422 e. The molecule has 0 aliphatic carbocycles. The Bertz CT molecular complexity index is 769. The van der Waals surface area contributed by atoms with Crippen LogP contribution < -0.4 is 15.4 Å². The summed E-state index contributed by atoms with van der Waals surface area (Å²) in [7, 11) is 1.94. The lowest BCUT2D eigenvalue weighted by atomic mass is 10.1. The first-order valence-corrected chi connectivity index (χ1v) is 8.69. The second-order valence-corrected chi connectivity index (χ2v) is 6.25. The highest BCUT2D eigenvalue weighted by molar-refractivity contribution is 5.79. The lowest BCUT2D eigenvalue weighted by molar-refractivity contribution is -0.153. The second-order valence-electron chi connectivity index (χ2n) is 6.25. The zero-order valence-electron chi connectivity index (χ0n) is 15.7. The number of benzene rings is 1. The van der Waals surface area contributed by atoms with Crippen molar-refractivity contribution in [2.45, 2.75) is 33.1 Å². The predicted octanol–water partition coefficient (Wildman–Crippen LogP) is 3.53. The molecule has 0 saturated heterocycles. The van der Waals surface area contributed by atoms with Gasteiger partial charge in [-0.15, -0.1) is 0 Å². The molecule has 1 heterocycles. The number of hydrogen-bond donors (Lipinski definition) is 2. The minimum Gasteiger partial charge on any atom is -0.484 e. The first kappa shape index (κ1) is 20.7. The Labute approximate surface area is 157 Å². The Morgan fingerprint density at radius 1 is 1.22 bits per heavy atom. The Kier molecular flexibility index (Phi) is 7.15. The highest BCUT2D eigenvalue weighted by atomic mass is 19.4. The summed E-state index contributed by atoms with van der Waals surface area (Å²) in [4.78, 5) is 4.50. The normalized spacial score (nSPS) is 12.1. The quantitative estimate of drug-likeness (QED) is 0.569. The Morgan fingerprint density at radius 2 is 2.00 bits per heavy atom. The number of hydrogen-bond acceptors (Lipinski definition) is 2. The van der Waals surface area contributed by atoms with E-state index < -0.39 is 12.8 Å². The van der Waals surface area contributed by atoms with Crippen molar-refractivity contribution in [3.63, 3.8) is 0 Å². The van der Waals surface area contributed by atoms with Crippen molar-refractivity contribution in [2.24, 2.45) is 12.0 Å². The number of alkyl halides is 3. The van der Waals surface area contributed by atoms with Crippen LogP contribution in [-0.2, 0) is 20.1 Å². The van der Waals surface area contributed by atoms with Gasteiger partial charge in [-0.3, -0.25) is 0 Å². The van der Waals surface area contributed by atoms with Gasteiger partial charge in [-0.2, -0.15) is 13.2 Å². The van der Waals surface area contributed by atoms with Gasteiger partial charge in [-0.05, 0) is 37.1 Å². The zero-order chi connectivity index (χ0) is 19.9. The molecule has 27 heavy (non-hydrogen) atoms. The van der Waals surface area contributed by atoms with E-state index in [-0.39, 0.29) is 5.75 Å². The molecule has 0 unspecified atom stereocenters. The molecular formula is C19H25F3N4O. The third kappa shape index (κ3) is 7.24. The first-order valence-electron chi connectivity index (χ1n) is 8.69. The largest absolute Gasteiger partial charge is 0.484 e. The number of guanidine groups is 1. The average Bonchev–Trinajstić information content (AvgIpc) is 3.01. The van der Waals surface area contributed by atoms with E-state index in [1.165, 1.54) is 0 Å². The third-order valence-electron chi connectivity index (χ3n) is 3.72. The number of halogens is 3. The van der Waals surface area contributed by atoms with Crippen LogP contribution in [0.5, 0.6) is 5.75 Å². The molecule has 0 aliphatic rings. The van der Waals surface area contributed by atoms with E-state index in [0.717, 1.165) is 11.1 Å². The molecule has 1 aromatic heterocycles. The summed E-state index contributed by atoms with van der Waals surface area (Å²) in [5.41, 5.74) is 2.54. The summed E-state index contributed by atoms with van der Waals surface area (Å²) < 4.78 is 44.4. The van der Waals surface area contributed by atoms with Gasteiger partial charge in [0, 0.05) is 38.1 Å². The van der Waals surface area contributed by atoms with Crippen molar-refractivity contribution in [3.05, 3.63) is 53.3 Å². The van der Waals surface area contributed by atoms with Gasteiger partial charge in [-0.25, -0.2) is 4.99 Å². The Morgan fingerprint density at radius 3 is 2.63 bits per heavy atom. The van der Waals surface area contributed by atoms with Crippen LogP contribution in [0.4, 0.5) is 13.2 Å². The number of aryl methyl sites for hydroxylation is 2. The van der Waals surface area contributed by atoms with Crippen LogP contribution in [0.3, 0.4) is 0 Å². The Balaban J connectivity index is 2.05. The van der Waals surface area contributed by atoms with E-state index in [4.69, 9.17) is 4.74 Å². The van der Waals surface area contributed by atoms with Crippen LogP contribution in [0.1, 0.15) is 23.6 Å². The lowest BCUT2D eigenvalue weighted by Crippen LogP contribution is -2.37. The topological polar surface area (TPSA) is 50.6 Å². The van der Waals surface area contributed by atoms with E-state index in [2.05, 4.69) is 15.6 Å². The molecule has 0 fully saturated rings. The van der Waals surface area contributed by atoms with Crippen LogP contribution >= 0.6 is 0 Å². The fourth-order valence-electron chi connectivity index (χ4n) is 2.45. The summed E-state index contributed by atoms with van der Waals surface area (Å²) in [5.74, 6) is 0.808. The molecule has 148 valence electrons. The number of ether oxygens (including phenoxy) is 1. The fourth-order valence-corrected chi connectivity index (χ4v) is 2.45. The lowest BCUT2D eigenvalue weighted by Gasteiger charge is -2.16. The molecule has 2 N–H and O–H groups in total. The highest BCUT2D eigenvalue weighted by Crippen LogP contribution is 2.23. The molecule has 2 aromatic rings. The number of nitrogens with zero attached hydrogens (tertiary/aromatic N) is 2. The van der Waals surface area contributed by atoms with Crippen LogP contribution in [0.2, 0.25) is 0 Å². The van der Waals surface area contributed by atoms with Crippen molar-refractivity contribution in [1.29, 1.82) is 0 Å². The standard InChI is InChI=1S/C19H25F3N4O/c1-4-23-18(24-10-15-7-8-26(3)12-15)25-11-16-6-5-14(2)9-17(16)27-13-19(20,21)22/h5-9,12H,4,10-11,13H2,1-3H3,(H2,23,24,25). The van der Waals surface area contributed by atoms with E-state index in [9.17, 15) is 13.2 Å². The van der Waals surface area contributed by atoms with Gasteiger partial charge in [0.25, 0.3) is 0 Å². The summed E-state index contributed by atoms with van der Waals surface area (Å²) in [6, 6.07) is 7.19. The number of aromatic nitrogens is 1. The molecule has 0 saturated carbocycles. The first-order chi connectivity index (χ1) is 12.8. The maximum absolute atomic E-state index is 12.5. The molecule has 0 spiro atoms. The van der Waals surface area contributed by atoms with Crippen molar-refractivity contribution < 1.29 is 17.9 Å². The zero-order valence-corrected chi connectivity index (χ0v) is 15.7. The smallest absolute Gasteiger partial charge is 0.422 e. The molecule has 0 amide bonds. The van der Waals surface area contributed by atoms with Crippen molar-refractivity contribution >= 4 is 5.96 Å². The molecule has 1 aromatic carbocycles. The summed E-state index contributed by atoms with van der Waals surface area (Å²) in [6.45, 7) is 3.92. The molecule has 2 rings (SSSR count). The van der Waals surface area contributed by atoms with Crippen molar-refractivity contribution in [2.75, 3.05) is 13.2 Å².